The van der Waals surface area contributed by atoms with E-state index in [1.54, 1.807) is 12.4 Å². The van der Waals surface area contributed by atoms with Crippen molar-refractivity contribution in [2.45, 2.75) is 26.3 Å². The lowest BCUT2D eigenvalue weighted by Gasteiger charge is -2.31. The zero-order valence-corrected chi connectivity index (χ0v) is 16.6. The fourth-order valence-corrected chi connectivity index (χ4v) is 4.68. The summed E-state index contributed by atoms with van der Waals surface area (Å²) in [5.41, 5.74) is 0.714. The minimum absolute atomic E-state index is 0.0679. The van der Waals surface area contributed by atoms with Crippen LogP contribution in [0, 0.1) is 11.3 Å². The molecule has 150 valence electrons. The molecule has 2 aromatic heterocycles. The highest BCUT2D eigenvalue weighted by Crippen LogP contribution is 2.44. The number of rotatable bonds is 5. The molecular formula is C20H28N6O2. The smallest absolute Gasteiger partial charge is 0.314 e. The van der Waals surface area contributed by atoms with Gasteiger partial charge in [0.05, 0.1) is 18.2 Å². The number of esters is 1. The summed E-state index contributed by atoms with van der Waals surface area (Å²) in [6.45, 7) is 6.38. The highest BCUT2D eigenvalue weighted by Gasteiger charge is 2.54. The van der Waals surface area contributed by atoms with Gasteiger partial charge in [-0.25, -0.2) is 9.97 Å². The van der Waals surface area contributed by atoms with E-state index >= 15 is 0 Å². The van der Waals surface area contributed by atoms with E-state index in [-0.39, 0.29) is 11.9 Å². The Kier molecular flexibility index (Phi) is 5.30. The topological polar surface area (TPSA) is 76.4 Å². The van der Waals surface area contributed by atoms with E-state index in [4.69, 9.17) is 4.74 Å². The molecule has 0 bridgehead atoms. The van der Waals surface area contributed by atoms with Crippen LogP contribution in [0.3, 0.4) is 0 Å². The molecule has 8 nitrogen and oxygen atoms in total. The van der Waals surface area contributed by atoms with Crippen molar-refractivity contribution in [3.05, 3.63) is 36.4 Å². The number of aromatic nitrogens is 4. The molecule has 2 aromatic rings. The van der Waals surface area contributed by atoms with Gasteiger partial charge in [-0.05, 0) is 32.4 Å². The lowest BCUT2D eigenvalue weighted by Crippen LogP contribution is -2.42. The quantitative estimate of drug-likeness (QED) is 0.723. The first kappa shape index (κ1) is 18.9. The largest absolute Gasteiger partial charge is 0.466 e. The summed E-state index contributed by atoms with van der Waals surface area (Å²) in [4.78, 5) is 26.5. The maximum Gasteiger partial charge on any atom is 0.314 e. The highest BCUT2D eigenvalue weighted by atomic mass is 16.5. The average Bonchev–Trinajstić information content (AvgIpc) is 3.22. The first-order chi connectivity index (χ1) is 13.6. The van der Waals surface area contributed by atoms with Crippen molar-refractivity contribution in [3.63, 3.8) is 0 Å². The number of fused-ring (bicyclic) bond motifs is 1. The Morgan fingerprint density at radius 1 is 1.32 bits per heavy atom. The minimum Gasteiger partial charge on any atom is -0.466 e. The van der Waals surface area contributed by atoms with Gasteiger partial charge >= 0.3 is 5.97 Å². The number of hydrogen-bond acceptors (Lipinski definition) is 7. The highest BCUT2D eigenvalue weighted by molar-refractivity contribution is 5.79. The third-order valence-electron chi connectivity index (χ3n) is 5.95. The number of hydrogen-bond donors (Lipinski definition) is 0. The number of ether oxygens (including phenoxy) is 1. The molecule has 28 heavy (non-hydrogen) atoms. The first-order valence-corrected chi connectivity index (χ1v) is 10.00. The van der Waals surface area contributed by atoms with E-state index in [2.05, 4.69) is 31.1 Å². The van der Waals surface area contributed by atoms with E-state index in [1.165, 1.54) is 5.56 Å². The van der Waals surface area contributed by atoms with Crippen molar-refractivity contribution in [3.8, 4) is 0 Å². The van der Waals surface area contributed by atoms with Crippen molar-refractivity contribution in [1.82, 2.24) is 24.6 Å². The molecule has 0 aromatic carbocycles. The summed E-state index contributed by atoms with van der Waals surface area (Å²) in [5.74, 6) is 0.814. The third kappa shape index (κ3) is 3.61. The zero-order valence-electron chi connectivity index (χ0n) is 16.6. The summed E-state index contributed by atoms with van der Waals surface area (Å²) in [5, 5.41) is 4.28. The Hall–Kier alpha value is -2.48. The van der Waals surface area contributed by atoms with Crippen molar-refractivity contribution >= 4 is 11.9 Å². The van der Waals surface area contributed by atoms with E-state index in [1.807, 2.05) is 30.9 Å². The van der Waals surface area contributed by atoms with Crippen LogP contribution in [0.2, 0.25) is 0 Å². The van der Waals surface area contributed by atoms with Crippen molar-refractivity contribution in [2.75, 3.05) is 37.7 Å². The molecule has 0 aliphatic carbocycles. The van der Waals surface area contributed by atoms with E-state index in [0.29, 0.717) is 19.1 Å². The first-order valence-electron chi connectivity index (χ1n) is 10.00. The zero-order chi connectivity index (χ0) is 19.6. The SMILES string of the molecule is CCOC(=O)[C@]12CCCN(Cc3cnn(C)c3)C[C@H]1CN(c1ncccn1)C2. The van der Waals surface area contributed by atoms with Gasteiger partial charge in [0, 0.05) is 63.3 Å². The second-order valence-electron chi connectivity index (χ2n) is 7.86. The molecule has 4 rings (SSSR count). The number of carbonyl (C=O) groups excluding carboxylic acids is 1. The Bertz CT molecular complexity index is 810. The molecule has 2 saturated heterocycles. The van der Waals surface area contributed by atoms with Crippen molar-refractivity contribution in [2.24, 2.45) is 18.4 Å². The average molecular weight is 384 g/mol. The van der Waals surface area contributed by atoms with Gasteiger partial charge in [0.2, 0.25) is 5.95 Å². The van der Waals surface area contributed by atoms with Gasteiger partial charge in [-0.2, -0.15) is 5.10 Å². The molecule has 2 aliphatic heterocycles. The van der Waals surface area contributed by atoms with Crippen LogP contribution in [0.5, 0.6) is 0 Å². The lowest BCUT2D eigenvalue weighted by molar-refractivity contribution is -0.157. The molecule has 0 spiro atoms. The van der Waals surface area contributed by atoms with Crippen molar-refractivity contribution < 1.29 is 9.53 Å². The summed E-state index contributed by atoms with van der Waals surface area (Å²) in [7, 11) is 1.94. The third-order valence-corrected chi connectivity index (χ3v) is 5.95. The second-order valence-corrected chi connectivity index (χ2v) is 7.86. The van der Waals surface area contributed by atoms with E-state index in [9.17, 15) is 4.79 Å². The van der Waals surface area contributed by atoms with E-state index < -0.39 is 5.41 Å². The normalized spacial score (nSPS) is 25.4. The number of nitrogens with zero attached hydrogens (tertiary/aromatic N) is 6. The maximum absolute atomic E-state index is 13.1. The summed E-state index contributed by atoms with van der Waals surface area (Å²) < 4.78 is 7.38. The second kappa shape index (κ2) is 7.87. The molecule has 2 atom stereocenters. The summed E-state index contributed by atoms with van der Waals surface area (Å²) in [6, 6.07) is 1.81. The van der Waals surface area contributed by atoms with Crippen LogP contribution in [0.25, 0.3) is 0 Å². The van der Waals surface area contributed by atoms with Gasteiger partial charge in [0.15, 0.2) is 0 Å². The summed E-state index contributed by atoms with van der Waals surface area (Å²) in [6.07, 6.45) is 9.29. The standard InChI is InChI=1S/C20H28N6O2/c1-3-28-18(27)20-6-4-9-25(12-16-10-23-24(2)11-16)13-17(20)14-26(15-20)19-21-7-5-8-22-19/h5,7-8,10-11,17H,3-4,6,9,12-15H2,1-2H3/t17-,20-/m0/s1. The predicted molar refractivity (Wildman–Crippen MR) is 105 cm³/mol. The molecule has 0 N–H and O–H groups in total. The van der Waals surface area contributed by atoms with Gasteiger partial charge in [-0.3, -0.25) is 14.4 Å². The minimum atomic E-state index is -0.487. The molecule has 8 heteroatoms. The molecule has 2 aliphatic rings. The Labute approximate surface area is 165 Å². The van der Waals surface area contributed by atoms with E-state index in [0.717, 1.165) is 39.0 Å². The number of likely N-dealkylation sites (tertiary alicyclic amines) is 1. The van der Waals surface area contributed by atoms with Gasteiger partial charge in [0.1, 0.15) is 0 Å². The van der Waals surface area contributed by atoms with Gasteiger partial charge < -0.3 is 9.64 Å². The molecule has 0 unspecified atom stereocenters. The Morgan fingerprint density at radius 2 is 2.14 bits per heavy atom. The fraction of sp³-hybridized carbons (Fsp3) is 0.600. The van der Waals surface area contributed by atoms with Crippen LogP contribution in [0.1, 0.15) is 25.3 Å². The fourth-order valence-electron chi connectivity index (χ4n) is 4.68. The maximum atomic E-state index is 13.1. The number of carbonyl (C=O) groups is 1. The van der Waals surface area contributed by atoms with Crippen LogP contribution in [0.4, 0.5) is 5.95 Å². The van der Waals surface area contributed by atoms with Gasteiger partial charge in [-0.1, -0.05) is 0 Å². The molecule has 0 amide bonds. The Balaban J connectivity index is 1.57. The predicted octanol–water partition coefficient (Wildman–Crippen LogP) is 1.49. The van der Waals surface area contributed by atoms with Gasteiger partial charge in [0.25, 0.3) is 0 Å². The molecular weight excluding hydrogens is 356 g/mol. The van der Waals surface area contributed by atoms with Crippen LogP contribution in [-0.2, 0) is 23.1 Å². The molecule has 4 heterocycles. The molecule has 0 radical (unpaired) electrons. The van der Waals surface area contributed by atoms with Crippen molar-refractivity contribution in [1.29, 1.82) is 0 Å². The Morgan fingerprint density at radius 3 is 2.86 bits per heavy atom. The summed E-state index contributed by atoms with van der Waals surface area (Å²) >= 11 is 0. The van der Waals surface area contributed by atoms with Crippen LogP contribution in [0.15, 0.2) is 30.9 Å². The lowest BCUT2D eigenvalue weighted by atomic mass is 9.75. The molecule has 0 saturated carbocycles. The van der Waals surface area contributed by atoms with Crippen LogP contribution < -0.4 is 4.90 Å². The van der Waals surface area contributed by atoms with Crippen LogP contribution >= 0.6 is 0 Å². The van der Waals surface area contributed by atoms with Crippen LogP contribution in [-0.4, -0.2) is 63.4 Å². The number of anilines is 1. The molecule has 2 fully saturated rings. The number of aryl methyl sites for hydroxylation is 1. The van der Waals surface area contributed by atoms with Gasteiger partial charge in [-0.15, -0.1) is 0 Å². The monoisotopic (exact) mass is 384 g/mol.